The van der Waals surface area contributed by atoms with Crippen LogP contribution in [-0.4, -0.2) is 60.6 Å². The molecule has 0 spiro atoms. The Morgan fingerprint density at radius 3 is 2.69 bits per heavy atom. The summed E-state index contributed by atoms with van der Waals surface area (Å²) in [5, 5.41) is 19.3. The zero-order chi connectivity index (χ0) is 19.3. The van der Waals surface area contributed by atoms with Crippen molar-refractivity contribution in [2.75, 3.05) is 32.7 Å². The molecule has 1 aliphatic heterocycles. The Bertz CT molecular complexity index is 679. The van der Waals surface area contributed by atoms with E-state index in [0.717, 1.165) is 10.7 Å². The van der Waals surface area contributed by atoms with Gasteiger partial charge in [0.05, 0.1) is 13.1 Å². The molecule has 1 saturated heterocycles. The van der Waals surface area contributed by atoms with Gasteiger partial charge in [-0.05, 0) is 33.8 Å². The smallest absolute Gasteiger partial charge is 0.324 e. The van der Waals surface area contributed by atoms with Gasteiger partial charge in [-0.1, -0.05) is 0 Å². The molecule has 0 aromatic carbocycles. The second-order valence-electron chi connectivity index (χ2n) is 6.43. The summed E-state index contributed by atoms with van der Waals surface area (Å²) >= 11 is 0. The summed E-state index contributed by atoms with van der Waals surface area (Å²) in [6.45, 7) is 8.66. The number of hydrogen-bond donors (Lipinski definition) is 4. The quantitative estimate of drug-likeness (QED) is 0.312. The van der Waals surface area contributed by atoms with Crippen molar-refractivity contribution in [3.63, 3.8) is 0 Å². The largest absolute Gasteiger partial charge is 0.466 e. The van der Waals surface area contributed by atoms with Crippen molar-refractivity contribution in [3.8, 4) is 0 Å². The van der Waals surface area contributed by atoms with E-state index in [9.17, 15) is 14.7 Å². The van der Waals surface area contributed by atoms with Crippen molar-refractivity contribution in [3.05, 3.63) is 23.2 Å². The number of aliphatic hydroxyl groups is 1. The van der Waals surface area contributed by atoms with E-state index in [4.69, 9.17) is 4.42 Å². The first kappa shape index (κ1) is 19.8. The summed E-state index contributed by atoms with van der Waals surface area (Å²) in [6.07, 6.45) is 0. The molecular weight excluding hydrogens is 338 g/mol. The Hall–Kier alpha value is -2.55. The van der Waals surface area contributed by atoms with Crippen molar-refractivity contribution in [2.45, 2.75) is 33.3 Å². The molecule has 0 aliphatic carbocycles. The van der Waals surface area contributed by atoms with E-state index >= 15 is 0 Å². The number of amides is 3. The van der Waals surface area contributed by atoms with Crippen molar-refractivity contribution in [1.29, 1.82) is 0 Å². The summed E-state index contributed by atoms with van der Waals surface area (Å²) < 4.78 is 5.48. The van der Waals surface area contributed by atoms with Crippen molar-refractivity contribution >= 4 is 17.9 Å². The Labute approximate surface area is 152 Å². The Morgan fingerprint density at radius 2 is 2.15 bits per heavy atom. The number of guanidine groups is 1. The first-order valence-corrected chi connectivity index (χ1v) is 8.65. The Balaban J connectivity index is 1.96. The summed E-state index contributed by atoms with van der Waals surface area (Å²) in [4.78, 5) is 28.6. The van der Waals surface area contributed by atoms with Crippen LogP contribution in [-0.2, 0) is 10.4 Å². The van der Waals surface area contributed by atoms with Crippen molar-refractivity contribution < 1.29 is 19.1 Å². The highest BCUT2D eigenvalue weighted by Crippen LogP contribution is 2.27. The maximum absolute atomic E-state index is 11.6. The number of furan rings is 1. The van der Waals surface area contributed by atoms with Gasteiger partial charge in [-0.15, -0.1) is 0 Å². The number of imide groups is 1. The van der Waals surface area contributed by atoms with Gasteiger partial charge in [0.1, 0.15) is 17.1 Å². The number of nitrogens with one attached hydrogen (secondary N) is 3. The number of hydrogen-bond acceptors (Lipinski definition) is 5. The maximum atomic E-state index is 11.6. The SMILES string of the molecule is CCNC(=NCC(C)(O)c1cc(C)oc1C)NCCN1C(=O)CNC1=O. The number of rotatable bonds is 7. The van der Waals surface area contributed by atoms with Crippen LogP contribution in [0.2, 0.25) is 0 Å². The number of nitrogens with zero attached hydrogens (tertiary/aromatic N) is 2. The second-order valence-corrected chi connectivity index (χ2v) is 6.43. The van der Waals surface area contributed by atoms with Gasteiger partial charge < -0.3 is 25.5 Å². The van der Waals surface area contributed by atoms with E-state index in [2.05, 4.69) is 20.9 Å². The zero-order valence-electron chi connectivity index (χ0n) is 15.7. The molecule has 0 saturated carbocycles. The van der Waals surface area contributed by atoms with Crippen LogP contribution in [0.25, 0.3) is 0 Å². The fourth-order valence-corrected chi connectivity index (χ4v) is 2.79. The molecule has 144 valence electrons. The third-order valence-electron chi connectivity index (χ3n) is 4.08. The first-order chi connectivity index (χ1) is 12.2. The molecule has 4 N–H and O–H groups in total. The molecule has 1 aromatic heterocycles. The lowest BCUT2D eigenvalue weighted by atomic mass is 9.96. The van der Waals surface area contributed by atoms with E-state index in [1.165, 1.54) is 0 Å². The highest BCUT2D eigenvalue weighted by Gasteiger charge is 2.29. The lowest BCUT2D eigenvalue weighted by Gasteiger charge is -2.22. The molecule has 0 radical (unpaired) electrons. The first-order valence-electron chi connectivity index (χ1n) is 8.65. The lowest BCUT2D eigenvalue weighted by Crippen LogP contribution is -2.43. The van der Waals surface area contributed by atoms with E-state index in [-0.39, 0.29) is 31.6 Å². The molecule has 2 heterocycles. The van der Waals surface area contributed by atoms with Crippen molar-refractivity contribution in [1.82, 2.24) is 20.9 Å². The van der Waals surface area contributed by atoms with Gasteiger partial charge in [-0.2, -0.15) is 0 Å². The van der Waals surface area contributed by atoms with Gasteiger partial charge in [-0.3, -0.25) is 9.69 Å². The average molecular weight is 365 g/mol. The summed E-state index contributed by atoms with van der Waals surface area (Å²) in [5.41, 5.74) is -0.469. The molecule has 2 rings (SSSR count). The molecule has 0 bridgehead atoms. The number of carbonyl (C=O) groups excluding carboxylic acids is 2. The topological polar surface area (TPSA) is 119 Å². The number of aliphatic imine (C=N–C) groups is 1. The van der Waals surface area contributed by atoms with Gasteiger partial charge in [0.15, 0.2) is 5.96 Å². The Kier molecular flexibility index (Phi) is 6.25. The van der Waals surface area contributed by atoms with Gasteiger partial charge in [-0.25, -0.2) is 9.79 Å². The van der Waals surface area contributed by atoms with Crippen LogP contribution in [0.4, 0.5) is 4.79 Å². The normalized spacial score (nSPS) is 17.3. The lowest BCUT2D eigenvalue weighted by molar-refractivity contribution is -0.124. The van der Waals surface area contributed by atoms with Crippen LogP contribution in [0.5, 0.6) is 0 Å². The average Bonchev–Trinajstić information content (AvgIpc) is 3.08. The van der Waals surface area contributed by atoms with Crippen LogP contribution in [0.3, 0.4) is 0 Å². The molecule has 1 fully saturated rings. The minimum absolute atomic E-state index is 0.0410. The van der Waals surface area contributed by atoms with Gasteiger partial charge in [0.25, 0.3) is 0 Å². The number of urea groups is 1. The summed E-state index contributed by atoms with van der Waals surface area (Å²) in [7, 11) is 0. The third-order valence-corrected chi connectivity index (χ3v) is 4.08. The molecule has 9 nitrogen and oxygen atoms in total. The molecule has 1 unspecified atom stereocenters. The Morgan fingerprint density at radius 1 is 1.42 bits per heavy atom. The van der Waals surface area contributed by atoms with E-state index in [1.54, 1.807) is 6.92 Å². The van der Waals surface area contributed by atoms with E-state index in [1.807, 2.05) is 26.8 Å². The van der Waals surface area contributed by atoms with Crippen LogP contribution >= 0.6 is 0 Å². The monoisotopic (exact) mass is 365 g/mol. The van der Waals surface area contributed by atoms with Crippen molar-refractivity contribution in [2.24, 2.45) is 4.99 Å². The minimum Gasteiger partial charge on any atom is -0.466 e. The van der Waals surface area contributed by atoms with Crippen LogP contribution in [0.1, 0.15) is 30.9 Å². The molecule has 1 aliphatic rings. The number of aryl methyl sites for hydroxylation is 2. The minimum atomic E-state index is -1.17. The number of carbonyl (C=O) groups is 2. The predicted octanol–water partition coefficient (Wildman–Crippen LogP) is 0.211. The van der Waals surface area contributed by atoms with Gasteiger partial charge in [0, 0.05) is 25.2 Å². The highest BCUT2D eigenvalue weighted by molar-refractivity contribution is 6.01. The van der Waals surface area contributed by atoms with E-state index in [0.29, 0.717) is 30.4 Å². The molecular formula is C17H27N5O4. The van der Waals surface area contributed by atoms with Crippen LogP contribution in [0, 0.1) is 13.8 Å². The van der Waals surface area contributed by atoms with Gasteiger partial charge in [0.2, 0.25) is 5.91 Å². The summed E-state index contributed by atoms with van der Waals surface area (Å²) in [5.74, 6) is 1.66. The molecule has 1 aromatic rings. The standard InChI is InChI=1S/C17H27N5O4/c1-5-18-15(19-6-7-22-14(23)9-20-16(22)24)21-10-17(4,25)13-8-11(2)26-12(13)3/h8,25H,5-7,9-10H2,1-4H3,(H,20,24)(H2,18,19,21). The maximum Gasteiger partial charge on any atom is 0.324 e. The second kappa shape index (κ2) is 8.22. The molecule has 1 atom stereocenters. The fraction of sp³-hybridized carbons (Fsp3) is 0.588. The van der Waals surface area contributed by atoms with Crippen LogP contribution < -0.4 is 16.0 Å². The summed E-state index contributed by atoms with van der Waals surface area (Å²) in [6, 6.07) is 1.43. The highest BCUT2D eigenvalue weighted by atomic mass is 16.3. The van der Waals surface area contributed by atoms with Crippen LogP contribution in [0.15, 0.2) is 15.5 Å². The zero-order valence-corrected chi connectivity index (χ0v) is 15.7. The fourth-order valence-electron chi connectivity index (χ4n) is 2.79. The predicted molar refractivity (Wildman–Crippen MR) is 96.8 cm³/mol. The third kappa shape index (κ3) is 4.75. The van der Waals surface area contributed by atoms with Gasteiger partial charge >= 0.3 is 6.03 Å². The molecule has 3 amide bonds. The van der Waals surface area contributed by atoms with E-state index < -0.39 is 5.60 Å². The molecule has 9 heteroatoms. The molecule has 26 heavy (non-hydrogen) atoms.